The van der Waals surface area contributed by atoms with Crippen LogP contribution in [0.25, 0.3) is 0 Å². The summed E-state index contributed by atoms with van der Waals surface area (Å²) in [6, 6.07) is 0. The third-order valence-electron chi connectivity index (χ3n) is 13.5. The van der Waals surface area contributed by atoms with E-state index >= 15 is 0 Å². The van der Waals surface area contributed by atoms with Gasteiger partial charge in [0.2, 0.25) is 0 Å². The maximum absolute atomic E-state index is 12.8. The van der Waals surface area contributed by atoms with Crippen LogP contribution in [0.3, 0.4) is 0 Å². The molecule has 0 bridgehead atoms. The minimum Gasteiger partial charge on any atom is -0.462 e. The van der Waals surface area contributed by atoms with E-state index < -0.39 is 6.10 Å². The van der Waals surface area contributed by atoms with Gasteiger partial charge in [0, 0.05) is 19.3 Å². The van der Waals surface area contributed by atoms with Crippen LogP contribution >= 0.6 is 0 Å². The Kier molecular flexibility index (Phi) is 60.8. The summed E-state index contributed by atoms with van der Waals surface area (Å²) in [7, 11) is 0. The Bertz CT molecular complexity index is 1600. The summed E-state index contributed by atoms with van der Waals surface area (Å²) in [5.74, 6) is -0.901. The highest BCUT2D eigenvalue weighted by atomic mass is 16.6. The van der Waals surface area contributed by atoms with Gasteiger partial charge in [-0.25, -0.2) is 0 Å². The van der Waals surface area contributed by atoms with Gasteiger partial charge in [0.25, 0.3) is 0 Å². The summed E-state index contributed by atoms with van der Waals surface area (Å²) < 4.78 is 16.9. The minimum absolute atomic E-state index is 0.0845. The van der Waals surface area contributed by atoms with Crippen LogP contribution in [0.2, 0.25) is 0 Å². The largest absolute Gasteiger partial charge is 0.462 e. The minimum atomic E-state index is -0.785. The van der Waals surface area contributed by atoms with Crippen molar-refractivity contribution < 1.29 is 28.6 Å². The monoisotopic (exact) mass is 1070 g/mol. The van der Waals surface area contributed by atoms with Gasteiger partial charge in [-0.2, -0.15) is 0 Å². The molecule has 6 nitrogen and oxygen atoms in total. The number of rotatable bonds is 57. The van der Waals surface area contributed by atoms with Crippen molar-refractivity contribution in [2.75, 3.05) is 13.2 Å². The van der Waals surface area contributed by atoms with E-state index in [1.165, 1.54) is 122 Å². The van der Waals surface area contributed by atoms with Crippen molar-refractivity contribution in [3.8, 4) is 0 Å². The standard InChI is InChI=1S/C71H118O6/c1-4-7-10-13-16-19-22-24-25-26-27-28-29-30-31-32-33-34-35-36-37-38-39-40-41-42-43-44-45-47-49-52-55-58-61-64-70(73)76-67-68(66-75-69(72)63-60-57-54-51-48-21-18-15-12-9-6-3)77-71(74)65-62-59-56-53-50-46-23-20-17-14-11-8-5-2/h7,10,15-16,18-19,24-25,27-28,30-31,33-34,36-37,39-40,42-43,68H,4-6,8-9,11-14,17,20-23,26,29,32,35,38,41,44-67H2,1-3H3/b10-7-,18-15-,19-16-,25-24-,28-27-,31-30-,34-33-,37-36-,40-39-,43-42-. The molecule has 0 aliphatic rings. The lowest BCUT2D eigenvalue weighted by Gasteiger charge is -2.18. The Balaban J connectivity index is 4.20. The zero-order chi connectivity index (χ0) is 55.7. The van der Waals surface area contributed by atoms with E-state index in [0.717, 1.165) is 128 Å². The first kappa shape index (κ1) is 72.8. The molecule has 0 aliphatic carbocycles. The molecular formula is C71H118O6. The van der Waals surface area contributed by atoms with Gasteiger partial charge in [-0.1, -0.05) is 284 Å². The van der Waals surface area contributed by atoms with Crippen LogP contribution in [0, 0.1) is 0 Å². The third kappa shape index (κ3) is 62.5. The van der Waals surface area contributed by atoms with Crippen molar-refractivity contribution in [2.24, 2.45) is 0 Å². The average molecular weight is 1070 g/mol. The highest BCUT2D eigenvalue weighted by molar-refractivity contribution is 5.71. The van der Waals surface area contributed by atoms with E-state index in [1.807, 2.05) is 0 Å². The molecule has 0 aromatic heterocycles. The first-order valence-corrected chi connectivity index (χ1v) is 32.0. The van der Waals surface area contributed by atoms with Crippen LogP contribution in [0.4, 0.5) is 0 Å². The summed E-state index contributed by atoms with van der Waals surface area (Å²) in [4.78, 5) is 38.1. The zero-order valence-electron chi connectivity index (χ0n) is 50.2. The van der Waals surface area contributed by atoms with E-state index in [-0.39, 0.29) is 31.1 Å². The van der Waals surface area contributed by atoms with Gasteiger partial charge in [0.05, 0.1) is 0 Å². The van der Waals surface area contributed by atoms with E-state index in [0.29, 0.717) is 19.3 Å². The number of ether oxygens (including phenoxy) is 3. The first-order valence-electron chi connectivity index (χ1n) is 32.0. The highest BCUT2D eigenvalue weighted by Crippen LogP contribution is 2.16. The number of unbranched alkanes of at least 4 members (excludes halogenated alkanes) is 26. The number of allylic oxidation sites excluding steroid dienone is 20. The molecule has 0 heterocycles. The smallest absolute Gasteiger partial charge is 0.306 e. The van der Waals surface area contributed by atoms with Crippen LogP contribution in [0.5, 0.6) is 0 Å². The van der Waals surface area contributed by atoms with Gasteiger partial charge in [0.15, 0.2) is 6.10 Å². The average Bonchev–Trinajstić information content (AvgIpc) is 3.43. The van der Waals surface area contributed by atoms with Crippen molar-refractivity contribution in [3.05, 3.63) is 122 Å². The van der Waals surface area contributed by atoms with Crippen molar-refractivity contribution in [2.45, 2.75) is 297 Å². The van der Waals surface area contributed by atoms with Crippen molar-refractivity contribution in [1.82, 2.24) is 0 Å². The molecule has 0 aliphatic heterocycles. The fourth-order valence-electron chi connectivity index (χ4n) is 8.65. The molecule has 0 aromatic rings. The van der Waals surface area contributed by atoms with Crippen LogP contribution in [-0.2, 0) is 28.6 Å². The summed E-state index contributed by atoms with van der Waals surface area (Å²) >= 11 is 0. The normalized spacial score (nSPS) is 12.9. The molecule has 0 N–H and O–H groups in total. The predicted molar refractivity (Wildman–Crippen MR) is 334 cm³/mol. The molecule has 1 unspecified atom stereocenters. The Morgan fingerprint density at radius 1 is 0.273 bits per heavy atom. The predicted octanol–water partition coefficient (Wildman–Crippen LogP) is 22.0. The molecule has 6 heteroatoms. The van der Waals surface area contributed by atoms with Crippen molar-refractivity contribution in [1.29, 1.82) is 0 Å². The number of esters is 3. The SMILES string of the molecule is CC/C=C\C/C=C\C/C=C\C/C=C\C/C=C\C/C=C\C/C=C\C/C=C\C/C=C\CCCCCCCCCC(=O)OCC(COC(=O)CCCCCCC/C=C\CCCC)OC(=O)CCCCCCCCCCCCCCC. The molecule has 0 saturated heterocycles. The maximum atomic E-state index is 12.8. The van der Waals surface area contributed by atoms with Gasteiger partial charge in [-0.05, 0) is 109 Å². The Labute approximate surface area is 475 Å². The fraction of sp³-hybridized carbons (Fsp3) is 0.676. The summed E-state index contributed by atoms with van der Waals surface area (Å²) in [6.45, 7) is 6.48. The lowest BCUT2D eigenvalue weighted by Crippen LogP contribution is -2.30. The molecule has 0 saturated carbocycles. The van der Waals surface area contributed by atoms with E-state index in [1.54, 1.807) is 0 Å². The van der Waals surface area contributed by atoms with E-state index in [4.69, 9.17) is 14.2 Å². The van der Waals surface area contributed by atoms with Crippen LogP contribution in [0.1, 0.15) is 290 Å². The number of carbonyl (C=O) groups is 3. The Morgan fingerprint density at radius 3 is 0.844 bits per heavy atom. The third-order valence-corrected chi connectivity index (χ3v) is 13.5. The highest BCUT2D eigenvalue weighted by Gasteiger charge is 2.19. The molecule has 77 heavy (non-hydrogen) atoms. The number of hydrogen-bond donors (Lipinski definition) is 0. The lowest BCUT2D eigenvalue weighted by atomic mass is 10.0. The fourth-order valence-corrected chi connectivity index (χ4v) is 8.65. The quantitative estimate of drug-likeness (QED) is 0.0261. The van der Waals surface area contributed by atoms with Gasteiger partial charge >= 0.3 is 17.9 Å². The zero-order valence-corrected chi connectivity index (χ0v) is 50.2. The first-order chi connectivity index (χ1) is 38.0. The van der Waals surface area contributed by atoms with Gasteiger partial charge < -0.3 is 14.2 Å². The molecule has 0 aromatic carbocycles. The van der Waals surface area contributed by atoms with Crippen LogP contribution in [0.15, 0.2) is 122 Å². The van der Waals surface area contributed by atoms with E-state index in [2.05, 4.69) is 142 Å². The summed E-state index contributed by atoms with van der Waals surface area (Å²) in [5.41, 5.74) is 0. The molecule has 1 atom stereocenters. The van der Waals surface area contributed by atoms with Crippen molar-refractivity contribution >= 4 is 17.9 Å². The second-order valence-electron chi connectivity index (χ2n) is 20.9. The van der Waals surface area contributed by atoms with Gasteiger partial charge in [-0.3, -0.25) is 14.4 Å². The van der Waals surface area contributed by atoms with Crippen molar-refractivity contribution in [3.63, 3.8) is 0 Å². The number of hydrogen-bond acceptors (Lipinski definition) is 6. The summed E-state index contributed by atoms with van der Waals surface area (Å²) in [5, 5.41) is 0. The lowest BCUT2D eigenvalue weighted by molar-refractivity contribution is -0.167. The second-order valence-corrected chi connectivity index (χ2v) is 20.9. The van der Waals surface area contributed by atoms with Gasteiger partial charge in [-0.15, -0.1) is 0 Å². The Morgan fingerprint density at radius 2 is 0.519 bits per heavy atom. The topological polar surface area (TPSA) is 78.9 Å². The molecule has 0 rings (SSSR count). The van der Waals surface area contributed by atoms with Crippen LogP contribution < -0.4 is 0 Å². The molecular weight excluding hydrogens is 949 g/mol. The van der Waals surface area contributed by atoms with Crippen LogP contribution in [-0.4, -0.2) is 37.2 Å². The molecule has 438 valence electrons. The Hall–Kier alpha value is -4.19. The maximum Gasteiger partial charge on any atom is 0.306 e. The molecule has 0 amide bonds. The second kappa shape index (κ2) is 64.3. The van der Waals surface area contributed by atoms with Gasteiger partial charge in [0.1, 0.15) is 13.2 Å². The van der Waals surface area contributed by atoms with E-state index in [9.17, 15) is 14.4 Å². The summed E-state index contributed by atoms with van der Waals surface area (Å²) in [6.07, 6.45) is 89.3. The molecule has 0 fully saturated rings. The molecule has 0 spiro atoms. The molecule has 0 radical (unpaired) electrons. The number of carbonyl (C=O) groups excluding carboxylic acids is 3.